The maximum absolute atomic E-state index is 11.9. The molecule has 1 aromatic heterocycles. The Balaban J connectivity index is 2.65. The van der Waals surface area contributed by atoms with Crippen molar-refractivity contribution in [3.63, 3.8) is 0 Å². The summed E-state index contributed by atoms with van der Waals surface area (Å²) in [6, 6.07) is 2.39. The Kier molecular flexibility index (Phi) is 5.15. The van der Waals surface area contributed by atoms with E-state index in [1.165, 1.54) is 13.0 Å². The molecule has 21 heavy (non-hydrogen) atoms. The Morgan fingerprint density at radius 1 is 1.43 bits per heavy atom. The van der Waals surface area contributed by atoms with Crippen LogP contribution in [0.25, 0.3) is 0 Å². The van der Waals surface area contributed by atoms with Crippen LogP contribution in [0.5, 0.6) is 5.88 Å². The Morgan fingerprint density at radius 3 is 2.48 bits per heavy atom. The predicted octanol–water partition coefficient (Wildman–Crippen LogP) is 1.39. The normalized spacial score (nSPS) is 13.6. The molecule has 0 spiro atoms. The lowest BCUT2D eigenvalue weighted by Gasteiger charge is -2.11. The molecule has 0 fully saturated rings. The molecule has 0 bridgehead atoms. The molecular weight excluding hydrogens is 313 g/mol. The van der Waals surface area contributed by atoms with Crippen molar-refractivity contribution in [2.75, 3.05) is 18.2 Å². The Labute approximate surface area is 119 Å². The monoisotopic (exact) mass is 326 g/mol. The van der Waals surface area contributed by atoms with E-state index in [4.69, 9.17) is 0 Å². The first-order valence-electron chi connectivity index (χ1n) is 5.64. The fourth-order valence-corrected chi connectivity index (χ4v) is 1.58. The third-order valence-electron chi connectivity index (χ3n) is 2.40. The van der Waals surface area contributed by atoms with Gasteiger partial charge in [-0.3, -0.25) is 4.79 Å². The second kappa shape index (κ2) is 6.29. The third kappa shape index (κ3) is 5.98. The highest BCUT2D eigenvalue weighted by Gasteiger charge is 2.28. The quantitative estimate of drug-likeness (QED) is 0.884. The lowest BCUT2D eigenvalue weighted by atomic mass is 10.3. The average Bonchev–Trinajstić information content (AvgIpc) is 2.35. The molecule has 0 aromatic carbocycles. The molecular formula is C11H13F3N2O4S. The van der Waals surface area contributed by atoms with Crippen molar-refractivity contribution in [3.05, 3.63) is 18.3 Å². The van der Waals surface area contributed by atoms with Gasteiger partial charge in [0.2, 0.25) is 11.8 Å². The molecule has 6 nitrogen and oxygen atoms in total. The second-order valence-corrected chi connectivity index (χ2v) is 6.62. The van der Waals surface area contributed by atoms with Gasteiger partial charge >= 0.3 is 6.18 Å². The van der Waals surface area contributed by atoms with Crippen molar-refractivity contribution in [1.82, 2.24) is 4.98 Å². The maximum Gasteiger partial charge on any atom is 0.422 e. The largest absolute Gasteiger partial charge is 0.468 e. The van der Waals surface area contributed by atoms with E-state index in [1.807, 2.05) is 0 Å². The van der Waals surface area contributed by atoms with Crippen LogP contribution >= 0.6 is 0 Å². The fourth-order valence-electron chi connectivity index (χ4n) is 1.13. The molecule has 0 unspecified atom stereocenters. The molecule has 1 N–H and O–H groups in total. The van der Waals surface area contributed by atoms with Crippen LogP contribution in [0.15, 0.2) is 18.3 Å². The summed E-state index contributed by atoms with van der Waals surface area (Å²) in [4.78, 5) is 15.2. The molecule has 0 aliphatic rings. The first-order chi connectivity index (χ1) is 9.49. The number of pyridine rings is 1. The summed E-state index contributed by atoms with van der Waals surface area (Å²) in [6.07, 6.45) is -2.48. The van der Waals surface area contributed by atoms with Gasteiger partial charge in [-0.1, -0.05) is 0 Å². The predicted molar refractivity (Wildman–Crippen MR) is 68.7 cm³/mol. The molecule has 1 aromatic rings. The molecule has 1 amide bonds. The molecule has 1 heterocycles. The van der Waals surface area contributed by atoms with Crippen molar-refractivity contribution in [2.24, 2.45) is 0 Å². The number of alkyl halides is 3. The minimum Gasteiger partial charge on any atom is -0.468 e. The lowest BCUT2D eigenvalue weighted by Crippen LogP contribution is -2.31. The molecule has 10 heteroatoms. The van der Waals surface area contributed by atoms with E-state index in [-0.39, 0.29) is 11.6 Å². The summed E-state index contributed by atoms with van der Waals surface area (Å²) in [7, 11) is -3.54. The van der Waals surface area contributed by atoms with Crippen LogP contribution in [0.3, 0.4) is 0 Å². The van der Waals surface area contributed by atoms with Crippen molar-refractivity contribution in [3.8, 4) is 5.88 Å². The Hall–Kier alpha value is -1.84. The van der Waals surface area contributed by atoms with Gasteiger partial charge in [0.25, 0.3) is 0 Å². The second-order valence-electron chi connectivity index (χ2n) is 4.25. The van der Waals surface area contributed by atoms with Gasteiger partial charge < -0.3 is 10.1 Å². The van der Waals surface area contributed by atoms with Gasteiger partial charge in [0, 0.05) is 12.3 Å². The van der Waals surface area contributed by atoms with E-state index in [1.54, 1.807) is 0 Å². The van der Waals surface area contributed by atoms with Crippen molar-refractivity contribution >= 4 is 21.4 Å². The summed E-state index contributed by atoms with van der Waals surface area (Å²) >= 11 is 0. The fraction of sp³-hybridized carbons (Fsp3) is 0.455. The van der Waals surface area contributed by atoms with Gasteiger partial charge in [0.1, 0.15) is 5.25 Å². The zero-order valence-electron chi connectivity index (χ0n) is 11.1. The van der Waals surface area contributed by atoms with Gasteiger partial charge in [-0.15, -0.1) is 0 Å². The topological polar surface area (TPSA) is 85.4 Å². The van der Waals surface area contributed by atoms with Crippen LogP contribution in [-0.4, -0.2) is 43.6 Å². The van der Waals surface area contributed by atoms with Crippen LogP contribution in [0, 0.1) is 0 Å². The van der Waals surface area contributed by atoms with Gasteiger partial charge in [0.05, 0.1) is 11.9 Å². The van der Waals surface area contributed by atoms with E-state index >= 15 is 0 Å². The number of halogens is 3. The summed E-state index contributed by atoms with van der Waals surface area (Å²) in [5, 5.41) is 1.04. The molecule has 0 aliphatic heterocycles. The number of carbonyl (C=O) groups is 1. The molecule has 0 radical (unpaired) electrons. The number of hydrogen-bond donors (Lipinski definition) is 1. The van der Waals surface area contributed by atoms with Crippen molar-refractivity contribution < 1.29 is 31.1 Å². The zero-order valence-corrected chi connectivity index (χ0v) is 12.0. The van der Waals surface area contributed by atoms with E-state index in [2.05, 4.69) is 15.0 Å². The highest BCUT2D eigenvalue weighted by molar-refractivity contribution is 7.92. The molecule has 1 rings (SSSR count). The molecule has 1 atom stereocenters. The van der Waals surface area contributed by atoms with E-state index < -0.39 is 33.8 Å². The highest BCUT2D eigenvalue weighted by atomic mass is 32.2. The van der Waals surface area contributed by atoms with Crippen LogP contribution < -0.4 is 10.1 Å². The Morgan fingerprint density at radius 2 is 2.05 bits per heavy atom. The van der Waals surface area contributed by atoms with E-state index in [9.17, 15) is 26.4 Å². The number of aromatic nitrogens is 1. The highest BCUT2D eigenvalue weighted by Crippen LogP contribution is 2.18. The number of ether oxygens (including phenoxy) is 1. The first-order valence-corrected chi connectivity index (χ1v) is 7.60. The number of nitrogens with one attached hydrogen (secondary N) is 1. The number of anilines is 1. The molecule has 0 aliphatic carbocycles. The smallest absolute Gasteiger partial charge is 0.422 e. The summed E-state index contributed by atoms with van der Waals surface area (Å²) in [5.74, 6) is -1.02. The number of nitrogens with zero attached hydrogens (tertiary/aromatic N) is 1. The van der Waals surface area contributed by atoms with Crippen LogP contribution in [-0.2, 0) is 14.6 Å². The average molecular weight is 326 g/mol. The zero-order chi connectivity index (χ0) is 16.3. The minimum atomic E-state index is -4.47. The van der Waals surface area contributed by atoms with Crippen LogP contribution in [0.2, 0.25) is 0 Å². The standard InChI is InChI=1S/C11H13F3N2O4S/c1-7(21(2,18)19)10(17)16-8-3-4-9(15-5-8)20-6-11(12,13)14/h3-5,7H,6H2,1-2H3,(H,16,17)/t7-/m0/s1. The SMILES string of the molecule is C[C@@H](C(=O)Nc1ccc(OCC(F)(F)F)nc1)S(C)(=O)=O. The minimum absolute atomic E-state index is 0.148. The number of sulfone groups is 1. The van der Waals surface area contributed by atoms with Gasteiger partial charge in [-0.05, 0) is 13.0 Å². The molecule has 118 valence electrons. The van der Waals surface area contributed by atoms with E-state index in [0.29, 0.717) is 0 Å². The number of amides is 1. The third-order valence-corrected chi connectivity index (χ3v) is 3.90. The van der Waals surface area contributed by atoms with Crippen LogP contribution in [0.4, 0.5) is 18.9 Å². The summed E-state index contributed by atoms with van der Waals surface area (Å²) < 4.78 is 62.6. The van der Waals surface area contributed by atoms with Gasteiger partial charge in [0.15, 0.2) is 16.4 Å². The van der Waals surface area contributed by atoms with Gasteiger partial charge in [-0.25, -0.2) is 13.4 Å². The summed E-state index contributed by atoms with van der Waals surface area (Å²) in [5.41, 5.74) is 0.148. The maximum atomic E-state index is 11.9. The number of hydrogen-bond acceptors (Lipinski definition) is 5. The Bertz CT molecular complexity index is 599. The lowest BCUT2D eigenvalue weighted by molar-refractivity contribution is -0.154. The van der Waals surface area contributed by atoms with Gasteiger partial charge in [-0.2, -0.15) is 13.2 Å². The first kappa shape index (κ1) is 17.2. The number of rotatable bonds is 5. The van der Waals surface area contributed by atoms with E-state index in [0.717, 1.165) is 18.5 Å². The number of carbonyl (C=O) groups excluding carboxylic acids is 1. The molecule has 0 saturated heterocycles. The molecule has 0 saturated carbocycles. The van der Waals surface area contributed by atoms with Crippen molar-refractivity contribution in [1.29, 1.82) is 0 Å². The van der Waals surface area contributed by atoms with Crippen LogP contribution in [0.1, 0.15) is 6.92 Å². The van der Waals surface area contributed by atoms with Crippen molar-refractivity contribution in [2.45, 2.75) is 18.3 Å². The summed E-state index contributed by atoms with van der Waals surface area (Å²) in [6.45, 7) is -0.254.